The first-order valence-corrected chi connectivity index (χ1v) is 7.09. The van der Waals surface area contributed by atoms with Crippen molar-refractivity contribution in [2.75, 3.05) is 19.8 Å². The van der Waals surface area contributed by atoms with E-state index in [-0.39, 0.29) is 0 Å². The summed E-state index contributed by atoms with van der Waals surface area (Å²) in [6.07, 6.45) is 6.53. The van der Waals surface area contributed by atoms with Gasteiger partial charge in [0.25, 0.3) is 0 Å². The summed E-state index contributed by atoms with van der Waals surface area (Å²) >= 11 is 0. The topological polar surface area (TPSA) is 21.3 Å². The fourth-order valence-corrected chi connectivity index (χ4v) is 2.78. The predicted molar refractivity (Wildman–Crippen MR) is 69.7 cm³/mol. The average Bonchev–Trinajstić information content (AvgIpc) is 2.30. The Hall–Kier alpha value is -0.0800. The van der Waals surface area contributed by atoms with E-state index in [0.29, 0.717) is 6.04 Å². The molecular formula is C14H29NO. The van der Waals surface area contributed by atoms with E-state index in [9.17, 15) is 0 Å². The number of rotatable bonds is 7. The Morgan fingerprint density at radius 1 is 1.25 bits per heavy atom. The highest BCUT2D eigenvalue weighted by molar-refractivity contribution is 4.77. The second-order valence-electron chi connectivity index (χ2n) is 5.22. The Kier molecular flexibility index (Phi) is 7.06. The predicted octanol–water partition coefficient (Wildman–Crippen LogP) is 3.22. The van der Waals surface area contributed by atoms with Crippen molar-refractivity contribution in [2.45, 2.75) is 58.9 Å². The highest BCUT2D eigenvalue weighted by atomic mass is 16.5. The summed E-state index contributed by atoms with van der Waals surface area (Å²) in [5.74, 6) is 1.70. The van der Waals surface area contributed by atoms with Gasteiger partial charge in [0.15, 0.2) is 0 Å². The second-order valence-corrected chi connectivity index (χ2v) is 5.22. The highest BCUT2D eigenvalue weighted by Gasteiger charge is 2.22. The Morgan fingerprint density at radius 2 is 1.94 bits per heavy atom. The van der Waals surface area contributed by atoms with E-state index in [1.807, 2.05) is 0 Å². The van der Waals surface area contributed by atoms with Gasteiger partial charge < -0.3 is 10.1 Å². The normalized spacial score (nSPS) is 21.9. The SMILES string of the molecule is CCCC(C)C(CC1CCOCC1)NCC. The maximum absolute atomic E-state index is 5.43. The molecule has 1 N–H and O–H groups in total. The molecule has 2 nitrogen and oxygen atoms in total. The Morgan fingerprint density at radius 3 is 2.50 bits per heavy atom. The van der Waals surface area contributed by atoms with Crippen LogP contribution in [0.5, 0.6) is 0 Å². The molecule has 0 amide bonds. The summed E-state index contributed by atoms with van der Waals surface area (Å²) in [4.78, 5) is 0. The van der Waals surface area contributed by atoms with Gasteiger partial charge in [-0.15, -0.1) is 0 Å². The lowest BCUT2D eigenvalue weighted by Gasteiger charge is -2.30. The summed E-state index contributed by atoms with van der Waals surface area (Å²) in [6.45, 7) is 9.96. The molecule has 1 heterocycles. The fourth-order valence-electron chi connectivity index (χ4n) is 2.78. The van der Waals surface area contributed by atoms with Crippen LogP contribution in [0.1, 0.15) is 52.9 Å². The molecule has 2 atom stereocenters. The first-order chi connectivity index (χ1) is 7.77. The molecule has 1 aliphatic rings. The summed E-state index contributed by atoms with van der Waals surface area (Å²) in [5, 5.41) is 3.67. The molecule has 0 aromatic carbocycles. The minimum absolute atomic E-state index is 0.716. The molecule has 0 spiro atoms. The van der Waals surface area contributed by atoms with Crippen LogP contribution >= 0.6 is 0 Å². The number of hydrogen-bond donors (Lipinski definition) is 1. The molecule has 2 unspecified atom stereocenters. The monoisotopic (exact) mass is 227 g/mol. The molecule has 0 aliphatic carbocycles. The van der Waals surface area contributed by atoms with Crippen LogP contribution < -0.4 is 5.32 Å². The van der Waals surface area contributed by atoms with E-state index >= 15 is 0 Å². The lowest BCUT2D eigenvalue weighted by Crippen LogP contribution is -2.37. The van der Waals surface area contributed by atoms with Crippen molar-refractivity contribution >= 4 is 0 Å². The van der Waals surface area contributed by atoms with Crippen molar-refractivity contribution < 1.29 is 4.74 Å². The van der Waals surface area contributed by atoms with Gasteiger partial charge in [-0.1, -0.05) is 27.2 Å². The fraction of sp³-hybridized carbons (Fsp3) is 1.00. The molecule has 16 heavy (non-hydrogen) atoms. The van der Waals surface area contributed by atoms with E-state index < -0.39 is 0 Å². The molecule has 0 radical (unpaired) electrons. The van der Waals surface area contributed by atoms with Gasteiger partial charge in [-0.2, -0.15) is 0 Å². The molecule has 2 heteroatoms. The van der Waals surface area contributed by atoms with Gasteiger partial charge in [0.1, 0.15) is 0 Å². The molecule has 96 valence electrons. The van der Waals surface area contributed by atoms with Gasteiger partial charge >= 0.3 is 0 Å². The lowest BCUT2D eigenvalue weighted by molar-refractivity contribution is 0.0580. The Balaban J connectivity index is 2.35. The molecule has 1 saturated heterocycles. The molecule has 1 fully saturated rings. The van der Waals surface area contributed by atoms with Gasteiger partial charge in [-0.3, -0.25) is 0 Å². The molecule has 0 saturated carbocycles. The largest absolute Gasteiger partial charge is 0.381 e. The van der Waals surface area contributed by atoms with Crippen molar-refractivity contribution in [1.29, 1.82) is 0 Å². The second kappa shape index (κ2) is 8.08. The first-order valence-electron chi connectivity index (χ1n) is 7.09. The van der Waals surface area contributed by atoms with Gasteiger partial charge in [0.2, 0.25) is 0 Å². The minimum Gasteiger partial charge on any atom is -0.381 e. The van der Waals surface area contributed by atoms with Crippen LogP contribution in [-0.2, 0) is 4.74 Å². The standard InChI is InChI=1S/C14H29NO/c1-4-6-12(3)14(15-5-2)11-13-7-9-16-10-8-13/h12-15H,4-11H2,1-3H3. The third-order valence-corrected chi connectivity index (χ3v) is 3.83. The van der Waals surface area contributed by atoms with Crippen LogP contribution in [0.15, 0.2) is 0 Å². The van der Waals surface area contributed by atoms with Gasteiger partial charge in [-0.05, 0) is 44.1 Å². The number of nitrogens with one attached hydrogen (secondary N) is 1. The summed E-state index contributed by atoms with van der Waals surface area (Å²) in [6, 6.07) is 0.716. The molecule has 0 aromatic rings. The maximum atomic E-state index is 5.43. The maximum Gasteiger partial charge on any atom is 0.0468 e. The van der Waals surface area contributed by atoms with Crippen LogP contribution in [0.2, 0.25) is 0 Å². The average molecular weight is 227 g/mol. The third kappa shape index (κ3) is 4.84. The summed E-state index contributed by atoms with van der Waals surface area (Å²) in [7, 11) is 0. The van der Waals surface area contributed by atoms with Crippen LogP contribution in [0, 0.1) is 11.8 Å². The lowest BCUT2D eigenvalue weighted by atomic mass is 9.85. The minimum atomic E-state index is 0.716. The summed E-state index contributed by atoms with van der Waals surface area (Å²) in [5.41, 5.74) is 0. The zero-order valence-corrected chi connectivity index (χ0v) is 11.3. The van der Waals surface area contributed by atoms with Gasteiger partial charge in [-0.25, -0.2) is 0 Å². The van der Waals surface area contributed by atoms with Crippen LogP contribution in [0.3, 0.4) is 0 Å². The molecule has 1 aliphatic heterocycles. The number of ether oxygens (including phenoxy) is 1. The Bertz CT molecular complexity index is 166. The van der Waals surface area contributed by atoms with Crippen molar-refractivity contribution in [2.24, 2.45) is 11.8 Å². The van der Waals surface area contributed by atoms with Crippen molar-refractivity contribution in [1.82, 2.24) is 5.32 Å². The zero-order valence-electron chi connectivity index (χ0n) is 11.3. The van der Waals surface area contributed by atoms with Crippen molar-refractivity contribution in [3.63, 3.8) is 0 Å². The molecular weight excluding hydrogens is 198 g/mol. The van der Waals surface area contributed by atoms with E-state index in [0.717, 1.165) is 31.6 Å². The van der Waals surface area contributed by atoms with E-state index in [1.54, 1.807) is 0 Å². The Labute approximate surface area is 101 Å². The van der Waals surface area contributed by atoms with E-state index in [4.69, 9.17) is 4.74 Å². The van der Waals surface area contributed by atoms with Crippen molar-refractivity contribution in [3.8, 4) is 0 Å². The van der Waals surface area contributed by atoms with Crippen molar-refractivity contribution in [3.05, 3.63) is 0 Å². The van der Waals surface area contributed by atoms with Gasteiger partial charge in [0, 0.05) is 19.3 Å². The molecule has 0 aromatic heterocycles. The number of hydrogen-bond acceptors (Lipinski definition) is 2. The zero-order chi connectivity index (χ0) is 11.8. The molecule has 1 rings (SSSR count). The van der Waals surface area contributed by atoms with Gasteiger partial charge in [0.05, 0.1) is 0 Å². The summed E-state index contributed by atoms with van der Waals surface area (Å²) < 4.78 is 5.43. The van der Waals surface area contributed by atoms with E-state index in [1.165, 1.54) is 32.1 Å². The van der Waals surface area contributed by atoms with E-state index in [2.05, 4.69) is 26.1 Å². The third-order valence-electron chi connectivity index (χ3n) is 3.83. The first kappa shape index (κ1) is 14.0. The quantitative estimate of drug-likeness (QED) is 0.721. The highest BCUT2D eigenvalue weighted by Crippen LogP contribution is 2.24. The van der Waals surface area contributed by atoms with Crippen LogP contribution in [0.4, 0.5) is 0 Å². The molecule has 0 bridgehead atoms. The van der Waals surface area contributed by atoms with Crippen LogP contribution in [0.25, 0.3) is 0 Å². The van der Waals surface area contributed by atoms with Crippen LogP contribution in [-0.4, -0.2) is 25.8 Å². The smallest absolute Gasteiger partial charge is 0.0468 e.